The molecule has 0 saturated carbocycles. The number of nitrogens with one attached hydrogen (secondary N) is 2. The van der Waals surface area contributed by atoms with Crippen LogP contribution in [0, 0.1) is 11.3 Å². The molecule has 1 aliphatic heterocycles. The maximum absolute atomic E-state index is 11.8. The number of amides is 2. The largest absolute Gasteiger partial charge is 0.368 e. The predicted octanol–water partition coefficient (Wildman–Crippen LogP) is -0.388. The van der Waals surface area contributed by atoms with Gasteiger partial charge in [-0.2, -0.15) is 0 Å². The van der Waals surface area contributed by atoms with Gasteiger partial charge in [-0.05, 0) is 18.4 Å². The molecule has 16 heavy (non-hydrogen) atoms. The summed E-state index contributed by atoms with van der Waals surface area (Å²) in [6.07, 6.45) is 0.821. The van der Waals surface area contributed by atoms with Crippen molar-refractivity contribution in [1.82, 2.24) is 10.6 Å². The second-order valence-corrected chi connectivity index (χ2v) is 5.40. The van der Waals surface area contributed by atoms with E-state index in [2.05, 4.69) is 10.6 Å². The zero-order valence-corrected chi connectivity index (χ0v) is 10.2. The first-order valence-corrected chi connectivity index (χ1v) is 5.63. The van der Waals surface area contributed by atoms with Gasteiger partial charge in [-0.15, -0.1) is 0 Å². The topological polar surface area (TPSA) is 84.2 Å². The van der Waals surface area contributed by atoms with Crippen molar-refractivity contribution < 1.29 is 9.59 Å². The molecule has 1 aliphatic rings. The Bertz CT molecular complexity index is 277. The Hall–Kier alpha value is -1.10. The molecule has 2 unspecified atom stereocenters. The minimum atomic E-state index is -0.611. The van der Waals surface area contributed by atoms with Gasteiger partial charge in [0.15, 0.2) is 0 Å². The van der Waals surface area contributed by atoms with E-state index in [1.165, 1.54) is 0 Å². The van der Waals surface area contributed by atoms with Gasteiger partial charge in [0.05, 0.1) is 5.92 Å². The molecule has 4 N–H and O–H groups in total. The second kappa shape index (κ2) is 4.82. The number of hydrogen-bond donors (Lipinski definition) is 3. The zero-order valence-electron chi connectivity index (χ0n) is 10.2. The molecule has 5 heteroatoms. The molecule has 0 aromatic carbocycles. The number of carbonyl (C=O) groups excluding carboxylic acids is 2. The van der Waals surface area contributed by atoms with Crippen LogP contribution in [-0.2, 0) is 9.59 Å². The summed E-state index contributed by atoms with van der Waals surface area (Å²) in [7, 11) is 0. The third-order valence-electron chi connectivity index (χ3n) is 2.87. The minimum absolute atomic E-state index is 0.0378. The third-order valence-corrected chi connectivity index (χ3v) is 2.87. The van der Waals surface area contributed by atoms with E-state index in [0.29, 0.717) is 6.54 Å². The molecular weight excluding hydrogens is 206 g/mol. The molecule has 0 radical (unpaired) electrons. The molecule has 2 amide bonds. The molecule has 1 rings (SSSR count). The van der Waals surface area contributed by atoms with Crippen LogP contribution in [0.4, 0.5) is 0 Å². The van der Waals surface area contributed by atoms with E-state index in [1.54, 1.807) is 0 Å². The van der Waals surface area contributed by atoms with Crippen molar-refractivity contribution in [2.45, 2.75) is 33.2 Å². The summed E-state index contributed by atoms with van der Waals surface area (Å²) in [5.74, 6) is -0.597. The van der Waals surface area contributed by atoms with Gasteiger partial charge in [-0.25, -0.2) is 0 Å². The quantitative estimate of drug-likeness (QED) is 0.614. The van der Waals surface area contributed by atoms with Gasteiger partial charge >= 0.3 is 0 Å². The lowest BCUT2D eigenvalue weighted by atomic mass is 9.86. The van der Waals surface area contributed by atoms with Crippen molar-refractivity contribution in [3.8, 4) is 0 Å². The van der Waals surface area contributed by atoms with Gasteiger partial charge in [-0.1, -0.05) is 20.8 Å². The Morgan fingerprint density at radius 3 is 2.44 bits per heavy atom. The van der Waals surface area contributed by atoms with Crippen LogP contribution in [0.1, 0.15) is 27.2 Å². The molecule has 1 fully saturated rings. The lowest BCUT2D eigenvalue weighted by molar-refractivity contribution is -0.131. The molecule has 1 saturated heterocycles. The van der Waals surface area contributed by atoms with Crippen LogP contribution in [-0.4, -0.2) is 30.9 Å². The fourth-order valence-electron chi connectivity index (χ4n) is 1.85. The number of nitrogens with two attached hydrogens (primary N) is 1. The van der Waals surface area contributed by atoms with Crippen molar-refractivity contribution in [2.75, 3.05) is 13.1 Å². The molecule has 0 aromatic heterocycles. The highest BCUT2D eigenvalue weighted by Crippen LogP contribution is 2.20. The Labute approximate surface area is 96.1 Å². The average Bonchev–Trinajstić information content (AvgIpc) is 2.63. The normalized spacial score (nSPS) is 22.8. The lowest BCUT2D eigenvalue weighted by Gasteiger charge is -2.29. The Morgan fingerprint density at radius 1 is 1.44 bits per heavy atom. The maximum Gasteiger partial charge on any atom is 0.240 e. The monoisotopic (exact) mass is 227 g/mol. The van der Waals surface area contributed by atoms with Crippen LogP contribution < -0.4 is 16.4 Å². The van der Waals surface area contributed by atoms with Gasteiger partial charge in [0.1, 0.15) is 6.04 Å². The summed E-state index contributed by atoms with van der Waals surface area (Å²) in [5.41, 5.74) is 4.95. The van der Waals surface area contributed by atoms with Crippen molar-refractivity contribution in [3.63, 3.8) is 0 Å². The van der Waals surface area contributed by atoms with Crippen molar-refractivity contribution in [1.29, 1.82) is 0 Å². The summed E-state index contributed by atoms with van der Waals surface area (Å²) in [5, 5.41) is 5.86. The Kier molecular flexibility index (Phi) is 3.91. The summed E-state index contributed by atoms with van der Waals surface area (Å²) >= 11 is 0. The van der Waals surface area contributed by atoms with Crippen LogP contribution >= 0.6 is 0 Å². The maximum atomic E-state index is 11.8. The highest BCUT2D eigenvalue weighted by molar-refractivity contribution is 5.88. The van der Waals surface area contributed by atoms with Gasteiger partial charge in [0.2, 0.25) is 11.8 Å². The second-order valence-electron chi connectivity index (χ2n) is 5.40. The van der Waals surface area contributed by atoms with E-state index in [-0.39, 0.29) is 17.2 Å². The summed E-state index contributed by atoms with van der Waals surface area (Å²) in [6, 6.07) is -0.611. The Balaban J connectivity index is 2.61. The minimum Gasteiger partial charge on any atom is -0.368 e. The van der Waals surface area contributed by atoms with Crippen LogP contribution in [0.3, 0.4) is 0 Å². The van der Waals surface area contributed by atoms with Crippen molar-refractivity contribution >= 4 is 11.8 Å². The van der Waals surface area contributed by atoms with Crippen LogP contribution in [0.15, 0.2) is 0 Å². The molecule has 2 atom stereocenters. The fraction of sp³-hybridized carbons (Fsp3) is 0.818. The van der Waals surface area contributed by atoms with E-state index >= 15 is 0 Å². The SMILES string of the molecule is CC(C)(C)C(NC(=O)C1CCNC1)C(N)=O. The first kappa shape index (κ1) is 13.0. The summed E-state index contributed by atoms with van der Waals surface area (Å²) in [6.45, 7) is 7.19. The van der Waals surface area contributed by atoms with E-state index < -0.39 is 11.9 Å². The van der Waals surface area contributed by atoms with Gasteiger partial charge in [-0.3, -0.25) is 9.59 Å². The highest BCUT2D eigenvalue weighted by Gasteiger charge is 2.33. The Morgan fingerprint density at radius 2 is 2.06 bits per heavy atom. The third kappa shape index (κ3) is 3.20. The zero-order chi connectivity index (χ0) is 12.3. The van der Waals surface area contributed by atoms with E-state index in [9.17, 15) is 9.59 Å². The molecule has 0 bridgehead atoms. The number of primary amides is 1. The standard InChI is InChI=1S/C11H21N3O2/c1-11(2,3)8(9(12)15)14-10(16)7-4-5-13-6-7/h7-8,13H,4-6H2,1-3H3,(H2,12,15)(H,14,16). The molecule has 0 spiro atoms. The molecule has 92 valence electrons. The van der Waals surface area contributed by atoms with Gasteiger partial charge < -0.3 is 16.4 Å². The molecule has 0 aliphatic carbocycles. The van der Waals surface area contributed by atoms with Gasteiger partial charge in [0.25, 0.3) is 0 Å². The molecule has 1 heterocycles. The number of hydrogen-bond acceptors (Lipinski definition) is 3. The average molecular weight is 227 g/mol. The first-order valence-electron chi connectivity index (χ1n) is 5.63. The predicted molar refractivity (Wildman–Crippen MR) is 61.6 cm³/mol. The fourth-order valence-corrected chi connectivity index (χ4v) is 1.85. The summed E-state index contributed by atoms with van der Waals surface area (Å²) < 4.78 is 0. The smallest absolute Gasteiger partial charge is 0.240 e. The van der Waals surface area contributed by atoms with Crippen molar-refractivity contribution in [2.24, 2.45) is 17.1 Å². The van der Waals surface area contributed by atoms with Gasteiger partial charge in [0, 0.05) is 6.54 Å². The first-order chi connectivity index (χ1) is 7.32. The van der Waals surface area contributed by atoms with E-state index in [0.717, 1.165) is 13.0 Å². The summed E-state index contributed by atoms with van der Waals surface area (Å²) in [4.78, 5) is 23.1. The lowest BCUT2D eigenvalue weighted by Crippen LogP contribution is -2.53. The highest BCUT2D eigenvalue weighted by atomic mass is 16.2. The van der Waals surface area contributed by atoms with E-state index in [4.69, 9.17) is 5.73 Å². The van der Waals surface area contributed by atoms with Crippen LogP contribution in [0.2, 0.25) is 0 Å². The molecule has 0 aromatic rings. The van der Waals surface area contributed by atoms with Crippen molar-refractivity contribution in [3.05, 3.63) is 0 Å². The number of rotatable bonds is 3. The van der Waals surface area contributed by atoms with Crippen LogP contribution in [0.25, 0.3) is 0 Å². The molecular formula is C11H21N3O2. The van der Waals surface area contributed by atoms with Crippen LogP contribution in [0.5, 0.6) is 0 Å². The number of carbonyl (C=O) groups is 2. The van der Waals surface area contributed by atoms with E-state index in [1.807, 2.05) is 20.8 Å². The molecule has 5 nitrogen and oxygen atoms in total.